The third kappa shape index (κ3) is 3.00. The number of hydrogen-bond donors (Lipinski definition) is 4. The SMILES string of the molecule is Nc1n[nH]c2c(C(=O)NCC3=CC(C(F)(F)F)NC=C3)ncnc12. The fourth-order valence-corrected chi connectivity index (χ4v) is 2.18. The largest absolute Gasteiger partial charge is 0.412 e. The van der Waals surface area contributed by atoms with E-state index in [9.17, 15) is 18.0 Å². The lowest BCUT2D eigenvalue weighted by Crippen LogP contribution is -2.40. The van der Waals surface area contributed by atoms with Crippen LogP contribution in [0.3, 0.4) is 0 Å². The van der Waals surface area contributed by atoms with Gasteiger partial charge >= 0.3 is 6.18 Å². The molecule has 0 bridgehead atoms. The molecule has 0 fully saturated rings. The minimum atomic E-state index is -4.41. The van der Waals surface area contributed by atoms with E-state index in [0.29, 0.717) is 11.1 Å². The van der Waals surface area contributed by atoms with Gasteiger partial charge in [-0.15, -0.1) is 0 Å². The van der Waals surface area contributed by atoms with Crippen molar-refractivity contribution in [3.63, 3.8) is 0 Å². The van der Waals surface area contributed by atoms with Crippen LogP contribution in [0.25, 0.3) is 11.0 Å². The third-order valence-electron chi connectivity index (χ3n) is 3.35. The molecule has 0 radical (unpaired) electrons. The number of nitrogens with one attached hydrogen (secondary N) is 3. The van der Waals surface area contributed by atoms with E-state index in [4.69, 9.17) is 5.73 Å². The van der Waals surface area contributed by atoms with Crippen molar-refractivity contribution in [2.24, 2.45) is 0 Å². The first-order valence-electron chi connectivity index (χ1n) is 6.79. The monoisotopic (exact) mass is 339 g/mol. The molecule has 0 saturated heterocycles. The van der Waals surface area contributed by atoms with Crippen LogP contribution < -0.4 is 16.4 Å². The van der Waals surface area contributed by atoms with Crippen LogP contribution in [-0.4, -0.2) is 44.8 Å². The first kappa shape index (κ1) is 15.8. The maximum Gasteiger partial charge on any atom is 0.412 e. The lowest BCUT2D eigenvalue weighted by molar-refractivity contribution is -0.142. The van der Waals surface area contributed by atoms with Crippen LogP contribution >= 0.6 is 0 Å². The number of nitrogens with zero attached hydrogens (tertiary/aromatic N) is 3. The Bertz CT molecular complexity index is 840. The smallest absolute Gasteiger partial charge is 0.380 e. The zero-order valence-electron chi connectivity index (χ0n) is 12.1. The molecule has 0 saturated carbocycles. The van der Waals surface area contributed by atoms with Crippen LogP contribution in [0.15, 0.2) is 30.3 Å². The molecule has 126 valence electrons. The first-order valence-corrected chi connectivity index (χ1v) is 6.79. The number of nitrogen functional groups attached to an aromatic ring is 1. The number of rotatable bonds is 3. The minimum absolute atomic E-state index is 0.00934. The number of nitrogens with two attached hydrogens (primary N) is 1. The molecule has 8 nitrogen and oxygen atoms in total. The van der Waals surface area contributed by atoms with Gasteiger partial charge in [0, 0.05) is 6.54 Å². The summed E-state index contributed by atoms with van der Waals surface area (Å²) in [7, 11) is 0. The van der Waals surface area contributed by atoms with Crippen molar-refractivity contribution in [2.75, 3.05) is 12.3 Å². The Morgan fingerprint density at radius 2 is 2.17 bits per heavy atom. The highest BCUT2D eigenvalue weighted by molar-refractivity contribution is 6.04. The van der Waals surface area contributed by atoms with E-state index in [1.807, 2.05) is 0 Å². The normalized spacial score (nSPS) is 17.5. The maximum atomic E-state index is 12.7. The Kier molecular flexibility index (Phi) is 3.83. The molecule has 2 aromatic heterocycles. The van der Waals surface area contributed by atoms with Crippen LogP contribution in [0.5, 0.6) is 0 Å². The van der Waals surface area contributed by atoms with E-state index < -0.39 is 18.1 Å². The van der Waals surface area contributed by atoms with Crippen molar-refractivity contribution >= 4 is 22.8 Å². The molecule has 3 rings (SSSR count). The van der Waals surface area contributed by atoms with Gasteiger partial charge in [-0.25, -0.2) is 9.97 Å². The molecule has 3 heterocycles. The van der Waals surface area contributed by atoms with Crippen molar-refractivity contribution < 1.29 is 18.0 Å². The summed E-state index contributed by atoms with van der Waals surface area (Å²) in [5.41, 5.74) is 6.48. The molecule has 1 amide bonds. The van der Waals surface area contributed by atoms with Crippen molar-refractivity contribution in [3.05, 3.63) is 35.9 Å². The number of aromatic amines is 1. The van der Waals surface area contributed by atoms with Crippen molar-refractivity contribution in [2.45, 2.75) is 12.2 Å². The Morgan fingerprint density at radius 1 is 1.38 bits per heavy atom. The van der Waals surface area contributed by atoms with E-state index in [1.54, 1.807) is 0 Å². The van der Waals surface area contributed by atoms with Gasteiger partial charge in [-0.2, -0.15) is 18.3 Å². The number of alkyl halides is 3. The molecule has 5 N–H and O–H groups in total. The summed E-state index contributed by atoms with van der Waals surface area (Å²) in [6, 6.07) is -1.78. The molecule has 1 aliphatic heterocycles. The van der Waals surface area contributed by atoms with Gasteiger partial charge in [0.05, 0.1) is 0 Å². The summed E-state index contributed by atoms with van der Waals surface area (Å²) in [6.45, 7) is -0.0846. The Morgan fingerprint density at radius 3 is 2.92 bits per heavy atom. The van der Waals surface area contributed by atoms with Crippen molar-refractivity contribution in [1.29, 1.82) is 0 Å². The predicted octanol–water partition coefficient (Wildman–Crippen LogP) is 0.639. The first-order chi connectivity index (χ1) is 11.4. The minimum Gasteiger partial charge on any atom is -0.380 e. The highest BCUT2D eigenvalue weighted by Crippen LogP contribution is 2.24. The number of carbonyl (C=O) groups is 1. The Labute approximate surface area is 133 Å². The van der Waals surface area contributed by atoms with Crippen LogP contribution in [0, 0.1) is 0 Å². The average Bonchev–Trinajstić information content (AvgIpc) is 2.93. The summed E-state index contributed by atoms with van der Waals surface area (Å²) in [4.78, 5) is 20.0. The van der Waals surface area contributed by atoms with Crippen LogP contribution in [-0.2, 0) is 0 Å². The van der Waals surface area contributed by atoms with Gasteiger partial charge in [-0.3, -0.25) is 9.89 Å². The van der Waals surface area contributed by atoms with Crippen molar-refractivity contribution in [1.82, 2.24) is 30.8 Å². The molecule has 2 aromatic rings. The zero-order chi connectivity index (χ0) is 17.3. The number of fused-ring (bicyclic) bond motifs is 1. The summed E-state index contributed by atoms with van der Waals surface area (Å²) >= 11 is 0. The lowest BCUT2D eigenvalue weighted by atomic mass is 10.1. The van der Waals surface area contributed by atoms with Gasteiger partial charge < -0.3 is 16.4 Å². The quantitative estimate of drug-likeness (QED) is 0.651. The summed E-state index contributed by atoms with van der Waals surface area (Å²) < 4.78 is 38.1. The fourth-order valence-electron chi connectivity index (χ4n) is 2.18. The van der Waals surface area contributed by atoms with E-state index >= 15 is 0 Å². The highest BCUT2D eigenvalue weighted by atomic mass is 19.4. The van der Waals surface area contributed by atoms with Gasteiger partial charge in [0.1, 0.15) is 23.4 Å². The standard InChI is InChI=1S/C13H12F3N7O/c14-13(15,16)7-3-6(1-2-18-7)4-19-12(24)10-8-9(20-5-21-10)11(17)23-22-8/h1-3,5,7,18H,4H2,(H,19,24)(H3,17,22,23). The number of halogens is 3. The second-order valence-corrected chi connectivity index (χ2v) is 5.00. The number of H-pyrrole nitrogens is 1. The second kappa shape index (κ2) is 5.83. The summed E-state index contributed by atoms with van der Waals surface area (Å²) in [5.74, 6) is -0.457. The number of amides is 1. The maximum absolute atomic E-state index is 12.7. The summed E-state index contributed by atoms with van der Waals surface area (Å²) in [5, 5.41) is 11.0. The molecular formula is C13H12F3N7O. The molecule has 0 spiro atoms. The van der Waals surface area contributed by atoms with Gasteiger partial charge in [0.25, 0.3) is 5.91 Å². The molecule has 1 atom stereocenters. The zero-order valence-corrected chi connectivity index (χ0v) is 12.1. The number of dihydropyridines is 1. The highest BCUT2D eigenvalue weighted by Gasteiger charge is 2.38. The predicted molar refractivity (Wildman–Crippen MR) is 78.6 cm³/mol. The van der Waals surface area contributed by atoms with Crippen LogP contribution in [0.1, 0.15) is 10.5 Å². The third-order valence-corrected chi connectivity index (χ3v) is 3.35. The van der Waals surface area contributed by atoms with Crippen LogP contribution in [0.4, 0.5) is 19.0 Å². The van der Waals surface area contributed by atoms with E-state index in [1.165, 1.54) is 12.3 Å². The van der Waals surface area contributed by atoms with Gasteiger partial charge in [0.15, 0.2) is 11.5 Å². The molecule has 0 aliphatic carbocycles. The molecule has 24 heavy (non-hydrogen) atoms. The topological polar surface area (TPSA) is 122 Å². The Hall–Kier alpha value is -3.11. The van der Waals surface area contributed by atoms with Gasteiger partial charge in [0.2, 0.25) is 0 Å². The molecule has 11 heteroatoms. The van der Waals surface area contributed by atoms with E-state index in [0.717, 1.165) is 12.4 Å². The van der Waals surface area contributed by atoms with Crippen molar-refractivity contribution in [3.8, 4) is 0 Å². The fraction of sp³-hybridized carbons (Fsp3) is 0.231. The van der Waals surface area contributed by atoms with E-state index in [-0.39, 0.29) is 23.6 Å². The van der Waals surface area contributed by atoms with Crippen LogP contribution in [0.2, 0.25) is 0 Å². The molecule has 1 unspecified atom stereocenters. The second-order valence-electron chi connectivity index (χ2n) is 5.00. The molecule has 0 aromatic carbocycles. The van der Waals surface area contributed by atoms with E-state index in [2.05, 4.69) is 30.8 Å². The number of hydrogen-bond acceptors (Lipinski definition) is 6. The van der Waals surface area contributed by atoms with Gasteiger partial charge in [-0.1, -0.05) is 0 Å². The summed E-state index contributed by atoms with van der Waals surface area (Å²) in [6.07, 6.45) is 0.396. The average molecular weight is 339 g/mol. The molecular weight excluding hydrogens is 327 g/mol. The van der Waals surface area contributed by atoms with Gasteiger partial charge in [-0.05, 0) is 23.9 Å². The molecule has 1 aliphatic rings. The number of anilines is 1. The lowest BCUT2D eigenvalue weighted by Gasteiger charge is -2.21. The number of aromatic nitrogens is 4. The Balaban J connectivity index is 1.73. The number of carbonyl (C=O) groups excluding carboxylic acids is 1.